The van der Waals surface area contributed by atoms with Gasteiger partial charge in [0.1, 0.15) is 6.04 Å². The van der Waals surface area contributed by atoms with E-state index in [1.807, 2.05) is 0 Å². The van der Waals surface area contributed by atoms with E-state index in [2.05, 4.69) is 10.3 Å². The second-order valence-corrected chi connectivity index (χ2v) is 3.14. The zero-order chi connectivity index (χ0) is 12.1. The molecule has 86 valence electrons. The molecule has 0 aliphatic carbocycles. The number of carbonyl (C=O) groups is 2. The lowest BCUT2D eigenvalue weighted by Crippen LogP contribution is -2.40. The summed E-state index contributed by atoms with van der Waals surface area (Å²) in [4.78, 5) is 25.5. The highest BCUT2D eigenvalue weighted by Gasteiger charge is 2.18. The number of hydrogen-bond donors (Lipinski definition) is 2. The van der Waals surface area contributed by atoms with E-state index in [0.717, 1.165) is 12.3 Å². The van der Waals surface area contributed by atoms with Crippen LogP contribution in [0.2, 0.25) is 0 Å². The topological polar surface area (TPSA) is 79.3 Å². The van der Waals surface area contributed by atoms with Gasteiger partial charge in [-0.25, -0.2) is 9.78 Å². The minimum absolute atomic E-state index is 0.126. The summed E-state index contributed by atoms with van der Waals surface area (Å²) in [6, 6.07) is 1.33. The third kappa shape index (κ3) is 3.01. The van der Waals surface area contributed by atoms with Crippen LogP contribution in [0.3, 0.4) is 0 Å². The summed E-state index contributed by atoms with van der Waals surface area (Å²) in [5, 5.41) is 11.0. The average molecular weight is 226 g/mol. The van der Waals surface area contributed by atoms with Gasteiger partial charge in [0.05, 0.1) is 5.56 Å². The first-order valence-electron chi connectivity index (χ1n) is 4.69. The molecular weight excluding hydrogens is 215 g/mol. The van der Waals surface area contributed by atoms with E-state index in [4.69, 9.17) is 5.11 Å². The molecule has 0 bridgehead atoms. The molecule has 1 atom stereocenters. The fourth-order valence-corrected chi connectivity index (χ4v) is 1.09. The van der Waals surface area contributed by atoms with Crippen LogP contribution in [0, 0.1) is 5.95 Å². The molecule has 1 unspecified atom stereocenters. The Morgan fingerprint density at radius 3 is 2.69 bits per heavy atom. The van der Waals surface area contributed by atoms with Crippen LogP contribution in [0.5, 0.6) is 0 Å². The Balaban J connectivity index is 2.71. The van der Waals surface area contributed by atoms with Gasteiger partial charge in [0.2, 0.25) is 5.95 Å². The Labute approximate surface area is 91.3 Å². The maximum Gasteiger partial charge on any atom is 0.326 e. The SMILES string of the molecule is CCC(NC(=O)c1ccc(F)nc1)C(=O)O. The second-order valence-electron chi connectivity index (χ2n) is 3.14. The Hall–Kier alpha value is -1.98. The van der Waals surface area contributed by atoms with Gasteiger partial charge in [-0.1, -0.05) is 6.92 Å². The summed E-state index contributed by atoms with van der Waals surface area (Å²) in [6.45, 7) is 1.64. The average Bonchev–Trinajstić information content (AvgIpc) is 2.26. The summed E-state index contributed by atoms with van der Waals surface area (Å²) in [5.41, 5.74) is 0.126. The van der Waals surface area contributed by atoms with Gasteiger partial charge in [-0.2, -0.15) is 4.39 Å². The molecular formula is C10H11FN2O3. The monoisotopic (exact) mass is 226 g/mol. The lowest BCUT2D eigenvalue weighted by atomic mass is 10.2. The predicted molar refractivity (Wildman–Crippen MR) is 53.4 cm³/mol. The van der Waals surface area contributed by atoms with E-state index in [-0.39, 0.29) is 12.0 Å². The van der Waals surface area contributed by atoms with Crippen molar-refractivity contribution in [2.24, 2.45) is 0 Å². The van der Waals surface area contributed by atoms with E-state index in [1.54, 1.807) is 6.92 Å². The van der Waals surface area contributed by atoms with Gasteiger partial charge in [0, 0.05) is 6.20 Å². The molecule has 0 saturated carbocycles. The lowest BCUT2D eigenvalue weighted by Gasteiger charge is -2.11. The van der Waals surface area contributed by atoms with Crippen LogP contribution in [-0.2, 0) is 4.79 Å². The van der Waals surface area contributed by atoms with E-state index < -0.39 is 23.9 Å². The smallest absolute Gasteiger partial charge is 0.326 e. The maximum atomic E-state index is 12.5. The molecule has 0 saturated heterocycles. The Morgan fingerprint density at radius 1 is 1.56 bits per heavy atom. The molecule has 0 aliphatic rings. The van der Waals surface area contributed by atoms with E-state index >= 15 is 0 Å². The third-order valence-electron chi connectivity index (χ3n) is 2.00. The number of nitrogens with zero attached hydrogens (tertiary/aromatic N) is 1. The highest BCUT2D eigenvalue weighted by molar-refractivity contribution is 5.96. The van der Waals surface area contributed by atoms with E-state index in [0.29, 0.717) is 0 Å². The molecule has 5 nitrogen and oxygen atoms in total. The number of pyridine rings is 1. The molecule has 6 heteroatoms. The predicted octanol–water partition coefficient (Wildman–Crippen LogP) is 0.814. The fraction of sp³-hybridized carbons (Fsp3) is 0.300. The van der Waals surface area contributed by atoms with Crippen LogP contribution in [0.25, 0.3) is 0 Å². The molecule has 1 rings (SSSR count). The van der Waals surface area contributed by atoms with Gasteiger partial charge in [-0.15, -0.1) is 0 Å². The summed E-state index contributed by atoms with van der Waals surface area (Å²) < 4.78 is 12.5. The largest absolute Gasteiger partial charge is 0.480 e. The first-order valence-corrected chi connectivity index (χ1v) is 4.69. The van der Waals surface area contributed by atoms with Crippen molar-refractivity contribution in [3.05, 3.63) is 29.8 Å². The van der Waals surface area contributed by atoms with Gasteiger partial charge in [-0.05, 0) is 18.6 Å². The quantitative estimate of drug-likeness (QED) is 0.745. The van der Waals surface area contributed by atoms with E-state index in [1.165, 1.54) is 6.07 Å². The van der Waals surface area contributed by atoms with Crippen molar-refractivity contribution < 1.29 is 19.1 Å². The standard InChI is InChI=1S/C10H11FN2O3/c1-2-7(10(15)16)13-9(14)6-3-4-8(11)12-5-6/h3-5,7H,2H2,1H3,(H,13,14)(H,15,16). The number of aromatic nitrogens is 1. The molecule has 0 fully saturated rings. The first kappa shape index (κ1) is 12.1. The molecule has 0 radical (unpaired) electrons. The number of nitrogens with one attached hydrogen (secondary N) is 1. The van der Waals surface area contributed by atoms with Crippen molar-refractivity contribution in [3.63, 3.8) is 0 Å². The van der Waals surface area contributed by atoms with Gasteiger partial charge in [-0.3, -0.25) is 4.79 Å². The summed E-state index contributed by atoms with van der Waals surface area (Å²) in [5.74, 6) is -2.38. The fourth-order valence-electron chi connectivity index (χ4n) is 1.09. The van der Waals surface area contributed by atoms with Crippen molar-refractivity contribution in [3.8, 4) is 0 Å². The van der Waals surface area contributed by atoms with Crippen LogP contribution in [0.15, 0.2) is 18.3 Å². The van der Waals surface area contributed by atoms with Crippen LogP contribution in [0.4, 0.5) is 4.39 Å². The number of carbonyl (C=O) groups excluding carboxylic acids is 1. The molecule has 1 amide bonds. The van der Waals surface area contributed by atoms with Crippen molar-refractivity contribution in [1.29, 1.82) is 0 Å². The zero-order valence-electron chi connectivity index (χ0n) is 8.61. The van der Waals surface area contributed by atoms with Crippen molar-refractivity contribution in [1.82, 2.24) is 10.3 Å². The number of rotatable bonds is 4. The van der Waals surface area contributed by atoms with Crippen LogP contribution >= 0.6 is 0 Å². The molecule has 0 aliphatic heterocycles. The molecule has 0 spiro atoms. The number of halogens is 1. The van der Waals surface area contributed by atoms with Crippen molar-refractivity contribution in [2.45, 2.75) is 19.4 Å². The molecule has 16 heavy (non-hydrogen) atoms. The van der Waals surface area contributed by atoms with Crippen LogP contribution in [0.1, 0.15) is 23.7 Å². The van der Waals surface area contributed by atoms with Gasteiger partial charge >= 0.3 is 5.97 Å². The second kappa shape index (κ2) is 5.20. The zero-order valence-corrected chi connectivity index (χ0v) is 8.61. The number of amides is 1. The molecule has 1 aromatic heterocycles. The summed E-state index contributed by atoms with van der Waals surface area (Å²) in [7, 11) is 0. The lowest BCUT2D eigenvalue weighted by molar-refractivity contribution is -0.139. The highest BCUT2D eigenvalue weighted by Crippen LogP contribution is 2.00. The van der Waals surface area contributed by atoms with Gasteiger partial charge in [0.25, 0.3) is 5.91 Å². The number of carboxylic acids is 1. The minimum atomic E-state index is -1.11. The Bertz CT molecular complexity index is 392. The van der Waals surface area contributed by atoms with E-state index in [9.17, 15) is 14.0 Å². The van der Waals surface area contributed by atoms with Gasteiger partial charge in [0.15, 0.2) is 0 Å². The Kier molecular flexibility index (Phi) is 3.93. The number of carboxylic acid groups (broad SMARTS) is 1. The normalized spacial score (nSPS) is 11.9. The van der Waals surface area contributed by atoms with Crippen molar-refractivity contribution >= 4 is 11.9 Å². The molecule has 1 aromatic rings. The molecule has 2 N–H and O–H groups in total. The highest BCUT2D eigenvalue weighted by atomic mass is 19.1. The third-order valence-corrected chi connectivity index (χ3v) is 2.00. The van der Waals surface area contributed by atoms with Crippen molar-refractivity contribution in [2.75, 3.05) is 0 Å². The Morgan fingerprint density at radius 2 is 2.25 bits per heavy atom. The van der Waals surface area contributed by atoms with Crippen LogP contribution in [-0.4, -0.2) is 28.0 Å². The molecule has 1 heterocycles. The number of hydrogen-bond acceptors (Lipinski definition) is 3. The molecule has 0 aromatic carbocycles. The minimum Gasteiger partial charge on any atom is -0.480 e. The first-order chi connectivity index (χ1) is 7.54. The summed E-state index contributed by atoms with van der Waals surface area (Å²) in [6.07, 6.45) is 1.33. The number of aliphatic carboxylic acids is 1. The maximum absolute atomic E-state index is 12.5. The summed E-state index contributed by atoms with van der Waals surface area (Å²) >= 11 is 0. The van der Waals surface area contributed by atoms with Gasteiger partial charge < -0.3 is 10.4 Å². The van der Waals surface area contributed by atoms with Crippen LogP contribution < -0.4 is 5.32 Å².